The predicted molar refractivity (Wildman–Crippen MR) is 263 cm³/mol. The van der Waals surface area contributed by atoms with Gasteiger partial charge < -0.3 is 9.47 Å². The smallest absolute Gasteiger partial charge is 0.269 e. The van der Waals surface area contributed by atoms with Crippen molar-refractivity contribution < 1.29 is 27.7 Å². The molecule has 12 rings (SSSR count). The SMILES string of the molecule is [2H]c1c([2H])c([2H])c(-c2cccc(-c3c([2H])c([2H])c([2H])c([2H])c3[2H])c2-[n+]2[c-]n(-c3cccc(Oc4ccc5c(c4)N(c4cc(C(C)(C)C)ccn4)c4cccc6c4B5c4ccccc4O6)c3)c3ccccc32)c([2H])c1[2H]. The number of benzene rings is 8. The summed E-state index contributed by atoms with van der Waals surface area (Å²) in [6.45, 7) is 6.41. The van der Waals surface area contributed by atoms with Crippen molar-refractivity contribution in [1.82, 2.24) is 9.55 Å². The van der Waals surface area contributed by atoms with Crippen molar-refractivity contribution in [2.75, 3.05) is 4.90 Å². The second-order valence-corrected chi connectivity index (χ2v) is 17.0. The van der Waals surface area contributed by atoms with Crippen LogP contribution >= 0.6 is 0 Å². The molecule has 0 saturated heterocycles. The summed E-state index contributed by atoms with van der Waals surface area (Å²) < 4.78 is 104. The number of rotatable bonds is 7. The lowest BCUT2D eigenvalue weighted by Gasteiger charge is -2.39. The number of fused-ring (bicyclic) bond motifs is 5. The third kappa shape index (κ3) is 6.58. The Hall–Kier alpha value is -8.16. The van der Waals surface area contributed by atoms with E-state index in [0.717, 1.165) is 50.6 Å². The van der Waals surface area contributed by atoms with Gasteiger partial charge in [0.25, 0.3) is 13.0 Å². The molecule has 2 aromatic heterocycles. The van der Waals surface area contributed by atoms with E-state index in [4.69, 9.17) is 28.2 Å². The van der Waals surface area contributed by atoms with Gasteiger partial charge in [-0.05, 0) is 104 Å². The molecule has 6 nitrogen and oxygen atoms in total. The summed E-state index contributed by atoms with van der Waals surface area (Å²) in [5.41, 5.74) is 8.02. The van der Waals surface area contributed by atoms with Crippen molar-refractivity contribution in [1.29, 1.82) is 0 Å². The van der Waals surface area contributed by atoms with Gasteiger partial charge in [0, 0.05) is 23.6 Å². The Morgan fingerprint density at radius 1 is 0.646 bits per heavy atom. The fraction of sp³-hybridized carbons (Fsp3) is 0.0690. The number of anilines is 3. The summed E-state index contributed by atoms with van der Waals surface area (Å²) in [6.07, 6.45) is 5.31. The molecule has 2 aliphatic rings. The average molecular weight is 849 g/mol. The molecule has 0 spiro atoms. The van der Waals surface area contributed by atoms with Crippen LogP contribution in [0.5, 0.6) is 23.0 Å². The van der Waals surface area contributed by atoms with Gasteiger partial charge in [0.1, 0.15) is 28.8 Å². The molecule has 8 aromatic carbocycles. The van der Waals surface area contributed by atoms with Gasteiger partial charge in [-0.2, -0.15) is 0 Å². The third-order valence-corrected chi connectivity index (χ3v) is 12.1. The molecule has 10 aromatic rings. The molecule has 0 N–H and O–H groups in total. The number of pyridine rings is 1. The average Bonchev–Trinajstić information content (AvgIpc) is 3.80. The summed E-state index contributed by atoms with van der Waals surface area (Å²) in [5.74, 6) is 3.40. The first-order valence-electron chi connectivity index (χ1n) is 26.3. The predicted octanol–water partition coefficient (Wildman–Crippen LogP) is 11.9. The summed E-state index contributed by atoms with van der Waals surface area (Å²) in [6, 6.07) is 39.0. The van der Waals surface area contributed by atoms with Gasteiger partial charge in [-0.25, -0.2) is 4.98 Å². The Kier molecular flexibility index (Phi) is 6.88. The van der Waals surface area contributed by atoms with Gasteiger partial charge in [0.2, 0.25) is 0 Å². The number of imidazole rings is 1. The van der Waals surface area contributed by atoms with Crippen molar-refractivity contribution in [3.63, 3.8) is 0 Å². The van der Waals surface area contributed by atoms with Crippen LogP contribution in [0.2, 0.25) is 0 Å². The molecule has 0 radical (unpaired) electrons. The molecule has 0 bridgehead atoms. The molecule has 65 heavy (non-hydrogen) atoms. The van der Waals surface area contributed by atoms with Crippen molar-refractivity contribution >= 4 is 51.3 Å². The van der Waals surface area contributed by atoms with Gasteiger partial charge in [-0.1, -0.05) is 160 Å². The van der Waals surface area contributed by atoms with Crippen LogP contribution in [0.15, 0.2) is 206 Å². The van der Waals surface area contributed by atoms with Crippen molar-refractivity contribution in [2.45, 2.75) is 26.2 Å². The maximum Gasteiger partial charge on any atom is 0.269 e. The monoisotopic (exact) mass is 848 g/mol. The molecule has 0 fully saturated rings. The second-order valence-electron chi connectivity index (χ2n) is 17.0. The first-order chi connectivity index (χ1) is 36.0. The highest BCUT2D eigenvalue weighted by Gasteiger charge is 2.42. The lowest BCUT2D eigenvalue weighted by atomic mass is 9.34. The van der Waals surface area contributed by atoms with Crippen LogP contribution in [0.4, 0.5) is 17.2 Å². The van der Waals surface area contributed by atoms with E-state index in [2.05, 4.69) is 62.3 Å². The van der Waals surface area contributed by atoms with Crippen LogP contribution in [-0.2, 0) is 5.41 Å². The first kappa shape index (κ1) is 29.3. The molecule has 2 aliphatic heterocycles. The fourth-order valence-corrected chi connectivity index (χ4v) is 9.12. The zero-order chi connectivity index (χ0) is 52.4. The third-order valence-electron chi connectivity index (χ3n) is 12.1. The second kappa shape index (κ2) is 15.3. The van der Waals surface area contributed by atoms with E-state index in [9.17, 15) is 0 Å². The van der Waals surface area contributed by atoms with Crippen molar-refractivity contribution in [3.8, 4) is 56.6 Å². The van der Waals surface area contributed by atoms with Crippen LogP contribution in [-0.4, -0.2) is 16.3 Å². The standard InChI is InChI=1S/C58H43BN4O2/c1-58(2,3)41-33-34-60-55(35-41)63-51-28-16-30-54-56(51)59(48-25-10-13-29-53(48)65-54)47-32-31-44(37-52(47)63)64-43-22-14-21-42(36-43)61-38-62(50-27-12-11-26-49(50)61)57-45(39-17-6-4-7-18-39)23-15-24-46(57)40-19-8-5-9-20-40/h4-37H,1-3H3/i4D,5D,6D,7D,8D,9D,17D,18D,19D,20D. The van der Waals surface area contributed by atoms with E-state index < -0.39 is 60.4 Å². The number of hydrogen-bond donors (Lipinski definition) is 0. The number of aromatic nitrogens is 3. The quantitative estimate of drug-likeness (QED) is 0.0910. The Bertz CT molecular complexity index is 3920. The highest BCUT2D eigenvalue weighted by molar-refractivity contribution is 6.99. The lowest BCUT2D eigenvalue weighted by molar-refractivity contribution is -0.571. The van der Waals surface area contributed by atoms with Gasteiger partial charge in [0.05, 0.1) is 36.1 Å². The van der Waals surface area contributed by atoms with Crippen LogP contribution < -0.4 is 35.3 Å². The van der Waals surface area contributed by atoms with Crippen molar-refractivity contribution in [2.24, 2.45) is 0 Å². The number of nitrogens with zero attached hydrogens (tertiary/aromatic N) is 4. The lowest BCUT2D eigenvalue weighted by Crippen LogP contribution is -2.59. The maximum absolute atomic E-state index is 9.05. The zero-order valence-corrected chi connectivity index (χ0v) is 35.5. The molecule has 0 atom stereocenters. The Morgan fingerprint density at radius 2 is 1.34 bits per heavy atom. The van der Waals surface area contributed by atoms with E-state index in [1.165, 1.54) is 0 Å². The van der Waals surface area contributed by atoms with Gasteiger partial charge in [-0.3, -0.25) is 14.0 Å². The highest BCUT2D eigenvalue weighted by atomic mass is 16.5. The summed E-state index contributed by atoms with van der Waals surface area (Å²) in [4.78, 5) is 7.14. The Balaban J connectivity index is 1.01. The first-order valence-corrected chi connectivity index (χ1v) is 21.3. The maximum atomic E-state index is 9.05. The minimum absolute atomic E-state index is 0.133. The van der Waals surface area contributed by atoms with E-state index in [-0.39, 0.29) is 40.1 Å². The molecule has 0 amide bonds. The molecule has 4 heterocycles. The number of ether oxygens (including phenoxy) is 2. The molecule has 0 unspecified atom stereocenters. The molecular formula is C58H43BN4O2. The summed E-state index contributed by atoms with van der Waals surface area (Å²) in [5, 5.41) is 0. The highest BCUT2D eigenvalue weighted by Crippen LogP contribution is 2.42. The van der Waals surface area contributed by atoms with E-state index >= 15 is 0 Å². The molecule has 7 heteroatoms. The van der Waals surface area contributed by atoms with Crippen LogP contribution in [0.3, 0.4) is 0 Å². The molecule has 0 saturated carbocycles. The number of hydrogen-bond acceptors (Lipinski definition) is 4. The Morgan fingerprint density at radius 3 is 2.12 bits per heavy atom. The van der Waals surface area contributed by atoms with E-state index in [1.54, 1.807) is 27.3 Å². The van der Waals surface area contributed by atoms with E-state index in [0.29, 0.717) is 28.2 Å². The normalized spacial score (nSPS) is 14.8. The van der Waals surface area contributed by atoms with Crippen LogP contribution in [0.1, 0.15) is 40.0 Å². The topological polar surface area (TPSA) is 43.4 Å². The molecular weight excluding hydrogens is 795 g/mol. The van der Waals surface area contributed by atoms with Gasteiger partial charge >= 0.3 is 0 Å². The largest absolute Gasteiger partial charge is 0.458 e. The number of para-hydroxylation sites is 4. The van der Waals surface area contributed by atoms with Crippen molar-refractivity contribution in [3.05, 3.63) is 218 Å². The van der Waals surface area contributed by atoms with Crippen LogP contribution in [0.25, 0.3) is 44.7 Å². The summed E-state index contributed by atoms with van der Waals surface area (Å²) >= 11 is 0. The molecule has 310 valence electrons. The van der Waals surface area contributed by atoms with Gasteiger partial charge in [-0.15, -0.1) is 0 Å². The zero-order valence-electron chi connectivity index (χ0n) is 45.5. The molecule has 0 aliphatic carbocycles. The fourth-order valence-electron chi connectivity index (χ4n) is 9.12. The van der Waals surface area contributed by atoms with Gasteiger partial charge in [0.15, 0.2) is 0 Å². The van der Waals surface area contributed by atoms with E-state index in [1.807, 2.05) is 97.2 Å². The minimum Gasteiger partial charge on any atom is -0.458 e. The Labute approximate surface area is 393 Å². The minimum atomic E-state index is -0.570. The van der Waals surface area contributed by atoms with Crippen LogP contribution in [0, 0.1) is 6.33 Å². The summed E-state index contributed by atoms with van der Waals surface area (Å²) in [7, 11) is 0.